The molecule has 1 N–H and O–H groups in total. The molecule has 4 rings (SSSR count). The van der Waals surface area contributed by atoms with Crippen LogP contribution in [0.1, 0.15) is 43.7 Å². The molecule has 0 radical (unpaired) electrons. The van der Waals surface area contributed by atoms with Crippen molar-refractivity contribution in [1.82, 2.24) is 14.2 Å². The Morgan fingerprint density at radius 2 is 1.71 bits per heavy atom. The molecule has 2 heterocycles. The van der Waals surface area contributed by atoms with Crippen LogP contribution in [0.25, 0.3) is 10.2 Å². The van der Waals surface area contributed by atoms with Gasteiger partial charge in [0, 0.05) is 19.6 Å². The highest BCUT2D eigenvalue weighted by Crippen LogP contribution is 2.22. The number of aryl methyl sites for hydroxylation is 1. The minimum Gasteiger partial charge on any atom is -0.299 e. The lowest BCUT2D eigenvalue weighted by molar-refractivity contribution is 0.221. The van der Waals surface area contributed by atoms with E-state index in [0.717, 1.165) is 48.5 Å². The Morgan fingerprint density at radius 3 is 2.42 bits per heavy atom. The maximum atomic E-state index is 12.8. The van der Waals surface area contributed by atoms with Gasteiger partial charge in [-0.05, 0) is 61.7 Å². The highest BCUT2D eigenvalue weighted by molar-refractivity contribution is 7.89. The Kier molecular flexibility index (Phi) is 6.91. The molecule has 0 bridgehead atoms. The zero-order valence-electron chi connectivity index (χ0n) is 17.8. The van der Waals surface area contributed by atoms with Crippen LogP contribution in [0.5, 0.6) is 0 Å². The van der Waals surface area contributed by atoms with Gasteiger partial charge in [-0.3, -0.25) is 14.3 Å². The Labute approximate surface area is 187 Å². The van der Waals surface area contributed by atoms with Crippen LogP contribution in [-0.4, -0.2) is 31.0 Å². The molecule has 0 saturated carbocycles. The van der Waals surface area contributed by atoms with Crippen molar-refractivity contribution < 1.29 is 8.42 Å². The summed E-state index contributed by atoms with van der Waals surface area (Å²) in [5, 5.41) is 0. The fourth-order valence-corrected chi connectivity index (χ4v) is 6.12. The Bertz CT molecular complexity index is 1190. The fourth-order valence-electron chi connectivity index (χ4n) is 4.05. The summed E-state index contributed by atoms with van der Waals surface area (Å²) >= 11 is 1.09. The third kappa shape index (κ3) is 5.26. The minimum absolute atomic E-state index is 0.0519. The lowest BCUT2D eigenvalue weighted by Crippen LogP contribution is -2.29. The number of benzene rings is 2. The Hall–Kier alpha value is -2.00. The van der Waals surface area contributed by atoms with Crippen molar-refractivity contribution in [2.24, 2.45) is 0 Å². The summed E-state index contributed by atoms with van der Waals surface area (Å²) in [6.07, 6.45) is 4.72. The number of thiazole rings is 1. The van der Waals surface area contributed by atoms with Crippen molar-refractivity contribution in [2.45, 2.75) is 57.1 Å². The number of rotatable bonds is 8. The zero-order valence-corrected chi connectivity index (χ0v) is 19.5. The molecule has 3 aromatic rings. The molecule has 6 nitrogen and oxygen atoms in total. The fraction of sp³-hybridized carbons (Fsp3) is 0.435. The van der Waals surface area contributed by atoms with Gasteiger partial charge in [0.15, 0.2) is 0 Å². The molecule has 166 valence electrons. The van der Waals surface area contributed by atoms with E-state index in [4.69, 9.17) is 0 Å². The highest BCUT2D eigenvalue weighted by atomic mass is 32.2. The lowest BCUT2D eigenvalue weighted by Gasteiger charge is -2.26. The first-order valence-electron chi connectivity index (χ1n) is 10.9. The summed E-state index contributed by atoms with van der Waals surface area (Å²) < 4.78 is 30.7. The summed E-state index contributed by atoms with van der Waals surface area (Å²) in [5.41, 5.74) is 2.97. The molecule has 0 unspecified atom stereocenters. The van der Waals surface area contributed by atoms with Crippen LogP contribution in [-0.2, 0) is 29.7 Å². The number of aromatic nitrogens is 1. The molecule has 1 saturated heterocycles. The van der Waals surface area contributed by atoms with E-state index in [2.05, 4.69) is 21.8 Å². The molecule has 0 amide bonds. The number of hydrogen-bond acceptors (Lipinski definition) is 5. The average Bonchev–Trinajstić information content (AvgIpc) is 3.09. The molecular weight excluding hydrogens is 430 g/mol. The van der Waals surface area contributed by atoms with Crippen LogP contribution in [0.2, 0.25) is 0 Å². The second-order valence-electron chi connectivity index (χ2n) is 8.13. The molecule has 1 fully saturated rings. The predicted octanol–water partition coefficient (Wildman–Crippen LogP) is 3.94. The quantitative estimate of drug-likeness (QED) is 0.554. The van der Waals surface area contributed by atoms with E-state index in [1.807, 2.05) is 19.1 Å². The van der Waals surface area contributed by atoms with Crippen molar-refractivity contribution in [3.63, 3.8) is 0 Å². The molecule has 2 aromatic carbocycles. The molecule has 1 aliphatic rings. The average molecular weight is 460 g/mol. The van der Waals surface area contributed by atoms with E-state index >= 15 is 0 Å². The molecule has 31 heavy (non-hydrogen) atoms. The van der Waals surface area contributed by atoms with Gasteiger partial charge in [-0.2, -0.15) is 0 Å². The summed E-state index contributed by atoms with van der Waals surface area (Å²) in [6.45, 7) is 6.14. The van der Waals surface area contributed by atoms with Crippen molar-refractivity contribution in [3.05, 3.63) is 63.3 Å². The topological polar surface area (TPSA) is 71.4 Å². The molecule has 0 spiro atoms. The summed E-state index contributed by atoms with van der Waals surface area (Å²) in [4.78, 5) is 14.8. The predicted molar refractivity (Wildman–Crippen MR) is 126 cm³/mol. The molecule has 1 aromatic heterocycles. The lowest BCUT2D eigenvalue weighted by atomic mass is 10.1. The maximum Gasteiger partial charge on any atom is 0.308 e. The maximum absolute atomic E-state index is 12.8. The number of sulfonamides is 1. The largest absolute Gasteiger partial charge is 0.308 e. The zero-order chi connectivity index (χ0) is 21.8. The SMILES string of the molecule is CCCn1c(=O)sc2cc(S(=O)(=O)NCc3ccc(CN4CCCCC4)cc3)ccc21. The van der Waals surface area contributed by atoms with E-state index in [9.17, 15) is 13.2 Å². The Morgan fingerprint density at radius 1 is 1.00 bits per heavy atom. The van der Waals surface area contributed by atoms with Gasteiger partial charge in [0.25, 0.3) is 0 Å². The molecular formula is C23H29N3O3S2. The van der Waals surface area contributed by atoms with Gasteiger partial charge in [-0.15, -0.1) is 0 Å². The number of nitrogens with one attached hydrogen (secondary N) is 1. The van der Waals surface area contributed by atoms with Gasteiger partial charge >= 0.3 is 4.87 Å². The first-order valence-corrected chi connectivity index (χ1v) is 13.2. The summed E-state index contributed by atoms with van der Waals surface area (Å²) in [6, 6.07) is 13.0. The van der Waals surface area contributed by atoms with Gasteiger partial charge < -0.3 is 0 Å². The third-order valence-corrected chi connectivity index (χ3v) is 8.08. The minimum atomic E-state index is -3.66. The number of nitrogens with zero attached hydrogens (tertiary/aromatic N) is 2. The Balaban J connectivity index is 1.42. The van der Waals surface area contributed by atoms with E-state index in [0.29, 0.717) is 11.2 Å². The molecule has 0 atom stereocenters. The highest BCUT2D eigenvalue weighted by Gasteiger charge is 2.17. The van der Waals surface area contributed by atoms with Gasteiger partial charge in [-0.1, -0.05) is 48.9 Å². The van der Waals surface area contributed by atoms with Crippen molar-refractivity contribution in [3.8, 4) is 0 Å². The van der Waals surface area contributed by atoms with Crippen LogP contribution in [0.15, 0.2) is 52.2 Å². The number of fused-ring (bicyclic) bond motifs is 1. The van der Waals surface area contributed by atoms with Gasteiger partial charge in [0.05, 0.1) is 15.1 Å². The third-order valence-electron chi connectivity index (χ3n) is 5.74. The summed E-state index contributed by atoms with van der Waals surface area (Å²) in [5.74, 6) is 0. The van der Waals surface area contributed by atoms with Crippen LogP contribution in [0.4, 0.5) is 0 Å². The standard InChI is InChI=1S/C23H29N3O3S2/c1-2-12-26-21-11-10-20(15-22(21)30-23(26)27)31(28,29)24-16-18-6-8-19(9-7-18)17-25-13-4-3-5-14-25/h6-11,15,24H,2-5,12-14,16-17H2,1H3. The second kappa shape index (κ2) is 9.65. The van der Waals surface area contributed by atoms with E-state index in [1.165, 1.54) is 24.8 Å². The molecule has 1 aliphatic heterocycles. The number of piperidine rings is 1. The van der Waals surface area contributed by atoms with Crippen molar-refractivity contribution >= 4 is 31.6 Å². The monoisotopic (exact) mass is 459 g/mol. The van der Waals surface area contributed by atoms with Gasteiger partial charge in [0.2, 0.25) is 10.0 Å². The van der Waals surface area contributed by atoms with Crippen LogP contribution in [0.3, 0.4) is 0 Å². The van der Waals surface area contributed by atoms with Crippen LogP contribution < -0.4 is 9.60 Å². The van der Waals surface area contributed by atoms with Crippen LogP contribution in [0, 0.1) is 0 Å². The first kappa shape index (κ1) is 22.2. The van der Waals surface area contributed by atoms with E-state index < -0.39 is 10.0 Å². The van der Waals surface area contributed by atoms with Gasteiger partial charge in [0.1, 0.15) is 0 Å². The molecule has 0 aliphatic carbocycles. The first-order chi connectivity index (χ1) is 15.0. The van der Waals surface area contributed by atoms with Crippen molar-refractivity contribution in [2.75, 3.05) is 13.1 Å². The smallest absolute Gasteiger partial charge is 0.299 e. The van der Waals surface area contributed by atoms with E-state index in [-0.39, 0.29) is 16.3 Å². The second-order valence-corrected chi connectivity index (χ2v) is 10.9. The number of likely N-dealkylation sites (tertiary alicyclic amines) is 1. The van der Waals surface area contributed by atoms with E-state index in [1.54, 1.807) is 22.8 Å². The number of hydrogen-bond donors (Lipinski definition) is 1. The van der Waals surface area contributed by atoms with Gasteiger partial charge in [-0.25, -0.2) is 13.1 Å². The van der Waals surface area contributed by atoms with Crippen molar-refractivity contribution in [1.29, 1.82) is 0 Å². The summed E-state index contributed by atoms with van der Waals surface area (Å²) in [7, 11) is -3.66. The molecule has 8 heteroatoms. The van der Waals surface area contributed by atoms with Crippen LogP contribution >= 0.6 is 11.3 Å². The normalized spacial score (nSPS) is 15.5.